The number of aromatic nitrogens is 3. The summed E-state index contributed by atoms with van der Waals surface area (Å²) in [6.07, 6.45) is 5.59. The number of nitrogens with zero attached hydrogens (tertiary/aromatic N) is 3. The molecule has 0 radical (unpaired) electrons. The number of thiophene rings is 1. The Morgan fingerprint density at radius 2 is 1.97 bits per heavy atom. The quantitative estimate of drug-likeness (QED) is 0.418. The normalized spacial score (nSPS) is 12.5. The van der Waals surface area contributed by atoms with Crippen LogP contribution in [0, 0.1) is 6.92 Å². The maximum absolute atomic E-state index is 4.62. The molecule has 1 unspecified atom stereocenters. The van der Waals surface area contributed by atoms with Gasteiger partial charge in [0.15, 0.2) is 5.65 Å². The minimum Gasteiger partial charge on any atom is -0.301 e. The topological polar surface area (TPSA) is 42.7 Å². The first-order chi connectivity index (χ1) is 14.2. The van der Waals surface area contributed by atoms with Crippen molar-refractivity contribution in [1.82, 2.24) is 20.1 Å². The molecule has 0 amide bonds. The van der Waals surface area contributed by atoms with Crippen LogP contribution in [0.25, 0.3) is 11.0 Å². The first-order valence-electron chi connectivity index (χ1n) is 10.3. The second-order valence-corrected chi connectivity index (χ2v) is 8.58. The van der Waals surface area contributed by atoms with E-state index in [-0.39, 0.29) is 6.04 Å². The monoisotopic (exact) mass is 404 g/mol. The molecule has 0 aliphatic carbocycles. The average Bonchev–Trinajstić information content (AvgIpc) is 3.36. The fraction of sp³-hybridized carbons (Fsp3) is 0.333. The molecular formula is C24H28N4S. The Labute approximate surface area is 176 Å². The first kappa shape index (κ1) is 19.8. The van der Waals surface area contributed by atoms with Crippen molar-refractivity contribution in [3.8, 4) is 0 Å². The Morgan fingerprint density at radius 3 is 2.69 bits per heavy atom. The molecule has 3 heterocycles. The summed E-state index contributed by atoms with van der Waals surface area (Å²) in [5, 5.41) is 11.5. The molecule has 0 saturated carbocycles. The zero-order chi connectivity index (χ0) is 20.2. The summed E-state index contributed by atoms with van der Waals surface area (Å²) in [7, 11) is 1.94. The van der Waals surface area contributed by atoms with Crippen molar-refractivity contribution < 1.29 is 0 Å². The molecule has 150 valence electrons. The van der Waals surface area contributed by atoms with Gasteiger partial charge in [0.1, 0.15) is 0 Å². The molecule has 0 spiro atoms. The number of hydrogen-bond acceptors (Lipinski definition) is 4. The van der Waals surface area contributed by atoms with E-state index in [1.54, 1.807) is 11.3 Å². The zero-order valence-electron chi connectivity index (χ0n) is 17.4. The lowest BCUT2D eigenvalue weighted by atomic mass is 10.0. The molecule has 0 bridgehead atoms. The maximum atomic E-state index is 4.62. The van der Waals surface area contributed by atoms with E-state index < -0.39 is 0 Å². The van der Waals surface area contributed by atoms with E-state index in [4.69, 9.17) is 0 Å². The fourth-order valence-electron chi connectivity index (χ4n) is 3.76. The van der Waals surface area contributed by atoms with Crippen LogP contribution < -0.4 is 5.32 Å². The van der Waals surface area contributed by atoms with Crippen molar-refractivity contribution in [2.24, 2.45) is 7.05 Å². The molecule has 4 rings (SSSR count). The standard InChI is InChI=1S/C24H28N4S/c1-4-5-7-18-9-11-20(12-10-18)23(22-8-6-13-29-22)25-15-19-14-21-17(2)27-28(3)24(21)26-16-19/h6,8-14,16,23,25H,4-5,7,15H2,1-3H3. The summed E-state index contributed by atoms with van der Waals surface area (Å²) in [6, 6.07) is 15.8. The van der Waals surface area contributed by atoms with E-state index in [0.717, 1.165) is 29.7 Å². The number of fused-ring (bicyclic) bond motifs is 1. The largest absolute Gasteiger partial charge is 0.301 e. The van der Waals surface area contributed by atoms with E-state index in [1.165, 1.54) is 34.4 Å². The summed E-state index contributed by atoms with van der Waals surface area (Å²) in [4.78, 5) is 5.95. The third-order valence-electron chi connectivity index (χ3n) is 5.39. The molecule has 29 heavy (non-hydrogen) atoms. The highest BCUT2D eigenvalue weighted by Gasteiger charge is 2.15. The van der Waals surface area contributed by atoms with Gasteiger partial charge < -0.3 is 5.32 Å². The summed E-state index contributed by atoms with van der Waals surface area (Å²) in [5.41, 5.74) is 5.86. The number of benzene rings is 1. The molecule has 0 saturated heterocycles. The van der Waals surface area contributed by atoms with Crippen LogP contribution in [0.3, 0.4) is 0 Å². The van der Waals surface area contributed by atoms with Crippen molar-refractivity contribution in [2.75, 3.05) is 0 Å². The zero-order valence-corrected chi connectivity index (χ0v) is 18.2. The number of rotatable bonds is 8. The van der Waals surface area contributed by atoms with Gasteiger partial charge in [0.05, 0.1) is 11.7 Å². The molecule has 3 aromatic heterocycles. The Bertz CT molecular complexity index is 1060. The summed E-state index contributed by atoms with van der Waals surface area (Å²) < 4.78 is 1.84. The summed E-state index contributed by atoms with van der Waals surface area (Å²) in [6.45, 7) is 5.04. The van der Waals surface area contributed by atoms with Crippen LogP contribution in [0.1, 0.15) is 53.1 Å². The minimum absolute atomic E-state index is 0.181. The maximum Gasteiger partial charge on any atom is 0.157 e. The van der Waals surface area contributed by atoms with E-state index in [0.29, 0.717) is 0 Å². The van der Waals surface area contributed by atoms with E-state index >= 15 is 0 Å². The summed E-state index contributed by atoms with van der Waals surface area (Å²) >= 11 is 1.80. The average molecular weight is 405 g/mol. The van der Waals surface area contributed by atoms with E-state index in [1.807, 2.05) is 24.9 Å². The predicted molar refractivity (Wildman–Crippen MR) is 121 cm³/mol. The SMILES string of the molecule is CCCCc1ccc(C(NCc2cnc3c(c2)c(C)nn3C)c2cccs2)cc1. The second-order valence-electron chi connectivity index (χ2n) is 7.60. The van der Waals surface area contributed by atoms with Gasteiger partial charge in [-0.3, -0.25) is 4.68 Å². The highest BCUT2D eigenvalue weighted by atomic mass is 32.1. The van der Waals surface area contributed by atoms with Crippen LogP contribution in [0.15, 0.2) is 54.0 Å². The number of nitrogens with one attached hydrogen (secondary N) is 1. The third kappa shape index (κ3) is 4.41. The molecule has 0 aliphatic rings. The van der Waals surface area contributed by atoms with E-state index in [2.05, 4.69) is 70.2 Å². The third-order valence-corrected chi connectivity index (χ3v) is 6.33. The first-order valence-corrected chi connectivity index (χ1v) is 11.2. The predicted octanol–water partition coefficient (Wildman–Crippen LogP) is 5.56. The van der Waals surface area contributed by atoms with Crippen molar-refractivity contribution in [3.05, 3.63) is 81.3 Å². The van der Waals surface area contributed by atoms with Crippen LogP contribution in [0.2, 0.25) is 0 Å². The van der Waals surface area contributed by atoms with Crippen molar-refractivity contribution in [1.29, 1.82) is 0 Å². The van der Waals surface area contributed by atoms with Gasteiger partial charge in [-0.05, 0) is 54.0 Å². The minimum atomic E-state index is 0.181. The molecule has 0 fully saturated rings. The smallest absolute Gasteiger partial charge is 0.157 e. The molecule has 1 N–H and O–H groups in total. The molecular weight excluding hydrogens is 376 g/mol. The number of pyridine rings is 1. The van der Waals surface area contributed by atoms with Crippen molar-refractivity contribution in [2.45, 2.75) is 45.7 Å². The Hall–Kier alpha value is -2.50. The summed E-state index contributed by atoms with van der Waals surface area (Å²) in [5.74, 6) is 0. The number of aryl methyl sites for hydroxylation is 3. The number of hydrogen-bond donors (Lipinski definition) is 1. The van der Waals surface area contributed by atoms with Gasteiger partial charge in [-0.2, -0.15) is 5.10 Å². The van der Waals surface area contributed by atoms with Crippen LogP contribution in [-0.4, -0.2) is 14.8 Å². The lowest BCUT2D eigenvalue weighted by Gasteiger charge is -2.19. The second kappa shape index (κ2) is 8.89. The lowest BCUT2D eigenvalue weighted by molar-refractivity contribution is 0.612. The van der Waals surface area contributed by atoms with Crippen LogP contribution in [-0.2, 0) is 20.0 Å². The van der Waals surface area contributed by atoms with Gasteiger partial charge in [-0.1, -0.05) is 43.7 Å². The molecule has 5 heteroatoms. The molecule has 4 aromatic rings. The van der Waals surface area contributed by atoms with Crippen molar-refractivity contribution in [3.63, 3.8) is 0 Å². The van der Waals surface area contributed by atoms with Gasteiger partial charge in [-0.25, -0.2) is 4.98 Å². The van der Waals surface area contributed by atoms with E-state index in [9.17, 15) is 0 Å². The van der Waals surface area contributed by atoms with Gasteiger partial charge in [0, 0.05) is 30.1 Å². The molecule has 1 aromatic carbocycles. The van der Waals surface area contributed by atoms with Gasteiger partial charge >= 0.3 is 0 Å². The van der Waals surface area contributed by atoms with Crippen LogP contribution in [0.4, 0.5) is 0 Å². The fourth-order valence-corrected chi connectivity index (χ4v) is 4.59. The highest BCUT2D eigenvalue weighted by molar-refractivity contribution is 7.10. The van der Waals surface area contributed by atoms with Crippen LogP contribution in [0.5, 0.6) is 0 Å². The highest BCUT2D eigenvalue weighted by Crippen LogP contribution is 2.27. The Balaban J connectivity index is 1.54. The van der Waals surface area contributed by atoms with Gasteiger partial charge in [0.25, 0.3) is 0 Å². The molecule has 1 atom stereocenters. The number of unbranched alkanes of at least 4 members (excludes halogenated alkanes) is 1. The Kier molecular flexibility index (Phi) is 6.07. The molecule has 4 nitrogen and oxygen atoms in total. The molecule has 0 aliphatic heterocycles. The van der Waals surface area contributed by atoms with Crippen molar-refractivity contribution >= 4 is 22.4 Å². The van der Waals surface area contributed by atoms with Crippen LogP contribution >= 0.6 is 11.3 Å². The lowest BCUT2D eigenvalue weighted by Crippen LogP contribution is -2.21. The van der Waals surface area contributed by atoms with Gasteiger partial charge in [0.2, 0.25) is 0 Å². The Morgan fingerprint density at radius 1 is 1.14 bits per heavy atom. The van der Waals surface area contributed by atoms with Gasteiger partial charge in [-0.15, -0.1) is 11.3 Å².